The maximum absolute atomic E-state index is 13.5. The van der Waals surface area contributed by atoms with Crippen molar-refractivity contribution in [3.8, 4) is 0 Å². The summed E-state index contributed by atoms with van der Waals surface area (Å²) < 4.78 is 0.963. The van der Waals surface area contributed by atoms with Crippen LogP contribution in [0.15, 0.2) is 46.9 Å². The number of rotatable bonds is 7. The van der Waals surface area contributed by atoms with E-state index in [-0.39, 0.29) is 11.9 Å². The van der Waals surface area contributed by atoms with E-state index in [9.17, 15) is 9.59 Å². The Kier molecular flexibility index (Phi) is 7.31. The van der Waals surface area contributed by atoms with E-state index < -0.39 is 5.54 Å². The lowest BCUT2D eigenvalue weighted by atomic mass is 9.91. The summed E-state index contributed by atoms with van der Waals surface area (Å²) in [6.45, 7) is 2.32. The van der Waals surface area contributed by atoms with Crippen LogP contribution in [-0.4, -0.2) is 34.3 Å². The Morgan fingerprint density at radius 1 is 1.00 bits per heavy atom. The summed E-state index contributed by atoms with van der Waals surface area (Å²) in [5.41, 5.74) is 0.377. The first-order valence-corrected chi connectivity index (χ1v) is 11.9. The van der Waals surface area contributed by atoms with Crippen LogP contribution < -0.4 is 4.90 Å². The topological polar surface area (TPSA) is 40.6 Å². The molecule has 1 heterocycles. The summed E-state index contributed by atoms with van der Waals surface area (Å²) in [7, 11) is 0. The molecular formula is C21H20Br2Cl2N2O2. The maximum atomic E-state index is 13.5. The molecular weight excluding hydrogens is 543 g/mol. The first-order valence-electron chi connectivity index (χ1n) is 9.19. The summed E-state index contributed by atoms with van der Waals surface area (Å²) >= 11 is 19.1. The molecule has 0 aliphatic carbocycles. The zero-order valence-corrected chi connectivity index (χ0v) is 20.5. The Hall–Kier alpha value is -1.08. The average molecular weight is 563 g/mol. The molecule has 0 saturated carbocycles. The molecule has 0 spiro atoms. The number of carbonyl (C=O) groups is 2. The van der Waals surface area contributed by atoms with Gasteiger partial charge in [0.15, 0.2) is 0 Å². The molecule has 29 heavy (non-hydrogen) atoms. The maximum Gasteiger partial charge on any atom is 0.332 e. The number of unbranched alkanes of at least 4 members (excludes halogenated alkanes) is 1. The molecule has 2 aromatic rings. The lowest BCUT2D eigenvalue weighted by Crippen LogP contribution is -2.49. The molecule has 0 radical (unpaired) electrons. The summed E-state index contributed by atoms with van der Waals surface area (Å²) in [4.78, 5) is 29.7. The van der Waals surface area contributed by atoms with Gasteiger partial charge in [-0.1, -0.05) is 67.2 Å². The number of amides is 3. The van der Waals surface area contributed by atoms with Crippen LogP contribution in [0.1, 0.15) is 25.3 Å². The molecule has 2 aromatic carbocycles. The van der Waals surface area contributed by atoms with Crippen molar-refractivity contribution >= 4 is 72.7 Å². The molecule has 8 heteroatoms. The van der Waals surface area contributed by atoms with Crippen molar-refractivity contribution in [3.63, 3.8) is 0 Å². The number of imide groups is 1. The van der Waals surface area contributed by atoms with Crippen LogP contribution >= 0.6 is 55.1 Å². The highest BCUT2D eigenvalue weighted by Crippen LogP contribution is 2.37. The molecule has 154 valence electrons. The smallest absolute Gasteiger partial charge is 0.309 e. The lowest BCUT2D eigenvalue weighted by Gasteiger charge is -2.32. The van der Waals surface area contributed by atoms with Crippen LogP contribution in [-0.2, 0) is 11.2 Å². The van der Waals surface area contributed by atoms with E-state index in [4.69, 9.17) is 23.2 Å². The number of carbonyl (C=O) groups excluding carboxylic acids is 2. The molecule has 0 aromatic heterocycles. The van der Waals surface area contributed by atoms with Crippen molar-refractivity contribution in [1.29, 1.82) is 0 Å². The third kappa shape index (κ3) is 4.82. The summed E-state index contributed by atoms with van der Waals surface area (Å²) in [6.07, 6.45) is 2.13. The molecule has 1 saturated heterocycles. The van der Waals surface area contributed by atoms with E-state index in [1.54, 1.807) is 23.1 Å². The molecule has 1 aliphatic rings. The Morgan fingerprint density at radius 3 is 2.21 bits per heavy atom. The highest BCUT2D eigenvalue weighted by molar-refractivity contribution is 9.10. The van der Waals surface area contributed by atoms with Crippen molar-refractivity contribution in [1.82, 2.24) is 4.90 Å². The standard InChI is InChI=1S/C21H20Br2Cl2N2O2/c1-21(13-14-4-6-15(23)7-5-14)19(28)27(18-11-16(24)10-17(25)12-18)20(29)26(21)9-3-2-8-22/h4-7,10-12H,2-3,8-9,13H2,1H3/t21-/m1/s1. The van der Waals surface area contributed by atoms with E-state index in [1.807, 2.05) is 31.2 Å². The second-order valence-corrected chi connectivity index (χ2v) is 9.76. The minimum absolute atomic E-state index is 0.275. The van der Waals surface area contributed by atoms with Crippen LogP contribution in [0.3, 0.4) is 0 Å². The minimum atomic E-state index is -0.994. The number of urea groups is 1. The monoisotopic (exact) mass is 560 g/mol. The normalized spacial score (nSPS) is 19.3. The van der Waals surface area contributed by atoms with Gasteiger partial charge in [0, 0.05) is 32.8 Å². The van der Waals surface area contributed by atoms with Gasteiger partial charge >= 0.3 is 6.03 Å². The van der Waals surface area contributed by atoms with Gasteiger partial charge < -0.3 is 4.90 Å². The van der Waals surface area contributed by atoms with Crippen molar-refractivity contribution in [2.24, 2.45) is 0 Å². The molecule has 3 amide bonds. The fraction of sp³-hybridized carbons (Fsp3) is 0.333. The summed E-state index contributed by atoms with van der Waals surface area (Å²) in [5.74, 6) is -0.275. The predicted molar refractivity (Wildman–Crippen MR) is 125 cm³/mol. The van der Waals surface area contributed by atoms with Crippen LogP contribution in [0.5, 0.6) is 0 Å². The third-order valence-corrected chi connectivity index (χ3v) is 6.54. The van der Waals surface area contributed by atoms with Crippen LogP contribution in [0.4, 0.5) is 10.5 Å². The molecule has 0 unspecified atom stereocenters. The summed E-state index contributed by atoms with van der Waals surface area (Å²) in [6, 6.07) is 12.2. The van der Waals surface area contributed by atoms with E-state index in [0.717, 1.165) is 28.2 Å². The van der Waals surface area contributed by atoms with Gasteiger partial charge in [0.1, 0.15) is 5.54 Å². The van der Waals surface area contributed by atoms with E-state index in [0.29, 0.717) is 28.7 Å². The van der Waals surface area contributed by atoms with Gasteiger partial charge in [-0.05, 0) is 55.7 Å². The Balaban J connectivity index is 1.99. The lowest BCUT2D eigenvalue weighted by molar-refractivity contribution is -0.124. The van der Waals surface area contributed by atoms with E-state index >= 15 is 0 Å². The van der Waals surface area contributed by atoms with Gasteiger partial charge in [0.2, 0.25) is 0 Å². The van der Waals surface area contributed by atoms with Crippen LogP contribution in [0, 0.1) is 0 Å². The number of anilines is 1. The predicted octanol–water partition coefficient (Wildman–Crippen LogP) is 6.70. The minimum Gasteiger partial charge on any atom is -0.309 e. The fourth-order valence-electron chi connectivity index (χ4n) is 3.55. The third-order valence-electron chi connectivity index (χ3n) is 5.01. The summed E-state index contributed by atoms with van der Waals surface area (Å²) in [5, 5.41) is 1.60. The van der Waals surface area contributed by atoms with Crippen molar-refractivity contribution in [2.45, 2.75) is 31.7 Å². The number of benzene rings is 2. The second-order valence-electron chi connectivity index (χ2n) is 7.18. The average Bonchev–Trinajstić information content (AvgIpc) is 2.83. The highest BCUT2D eigenvalue weighted by Gasteiger charge is 2.54. The fourth-order valence-corrected chi connectivity index (χ4v) is 4.72. The van der Waals surface area contributed by atoms with Crippen molar-refractivity contribution in [3.05, 3.63) is 62.5 Å². The van der Waals surface area contributed by atoms with E-state index in [2.05, 4.69) is 31.9 Å². The number of halogens is 4. The number of alkyl halides is 1. The molecule has 1 atom stereocenters. The first-order chi connectivity index (χ1) is 13.8. The zero-order chi connectivity index (χ0) is 21.2. The SMILES string of the molecule is C[C@@]1(Cc2ccc(Br)cc2)C(=O)N(c2cc(Cl)cc(Cl)c2)C(=O)N1CCCCBr. The largest absolute Gasteiger partial charge is 0.332 e. The van der Waals surface area contributed by atoms with Crippen LogP contribution in [0.25, 0.3) is 0 Å². The first kappa shape index (κ1) is 22.6. The highest BCUT2D eigenvalue weighted by atomic mass is 79.9. The molecule has 4 nitrogen and oxygen atoms in total. The van der Waals surface area contributed by atoms with Crippen LogP contribution in [0.2, 0.25) is 10.0 Å². The van der Waals surface area contributed by atoms with Gasteiger partial charge in [-0.15, -0.1) is 0 Å². The molecule has 1 fully saturated rings. The second kappa shape index (κ2) is 9.38. The van der Waals surface area contributed by atoms with Gasteiger partial charge in [-0.3, -0.25) is 4.79 Å². The molecule has 0 bridgehead atoms. The molecule has 3 rings (SSSR count). The molecule has 0 N–H and O–H groups in total. The Bertz CT molecular complexity index is 903. The zero-order valence-electron chi connectivity index (χ0n) is 15.8. The van der Waals surface area contributed by atoms with Crippen molar-refractivity contribution in [2.75, 3.05) is 16.8 Å². The van der Waals surface area contributed by atoms with Gasteiger partial charge in [0.25, 0.3) is 5.91 Å². The number of hydrogen-bond acceptors (Lipinski definition) is 2. The Morgan fingerprint density at radius 2 is 1.62 bits per heavy atom. The van der Waals surface area contributed by atoms with Gasteiger partial charge in [-0.25, -0.2) is 9.69 Å². The van der Waals surface area contributed by atoms with Gasteiger partial charge in [-0.2, -0.15) is 0 Å². The number of hydrogen-bond donors (Lipinski definition) is 0. The number of nitrogens with zero attached hydrogens (tertiary/aromatic N) is 2. The van der Waals surface area contributed by atoms with E-state index in [1.165, 1.54) is 4.90 Å². The quantitative estimate of drug-likeness (QED) is 0.214. The Labute approximate surface area is 197 Å². The van der Waals surface area contributed by atoms with Crippen molar-refractivity contribution < 1.29 is 9.59 Å². The van der Waals surface area contributed by atoms with Gasteiger partial charge in [0.05, 0.1) is 5.69 Å². The molecule has 1 aliphatic heterocycles.